The number of amides is 1. The van der Waals surface area contributed by atoms with Crippen LogP contribution in [0.4, 0.5) is 0 Å². The van der Waals surface area contributed by atoms with Crippen LogP contribution in [0.5, 0.6) is 11.5 Å². The molecular weight excluding hydrogens is 292 g/mol. The van der Waals surface area contributed by atoms with Gasteiger partial charge in [0.2, 0.25) is 0 Å². The highest BCUT2D eigenvalue weighted by atomic mass is 16.5. The summed E-state index contributed by atoms with van der Waals surface area (Å²) in [6, 6.07) is 5.50. The molecule has 1 fully saturated rings. The molecule has 1 amide bonds. The van der Waals surface area contributed by atoms with Gasteiger partial charge in [0.1, 0.15) is 0 Å². The Kier molecular flexibility index (Phi) is 6.28. The highest BCUT2D eigenvalue weighted by molar-refractivity contribution is 5.95. The second-order valence-electron chi connectivity index (χ2n) is 6.62. The monoisotopic (exact) mass is 320 g/mol. The van der Waals surface area contributed by atoms with Crippen molar-refractivity contribution in [1.82, 2.24) is 10.6 Å². The van der Waals surface area contributed by atoms with Crippen LogP contribution in [0.1, 0.15) is 37.6 Å². The second kappa shape index (κ2) is 8.20. The lowest BCUT2D eigenvalue weighted by Gasteiger charge is -2.30. The predicted octanol–water partition coefficient (Wildman–Crippen LogP) is 2.46. The highest BCUT2D eigenvalue weighted by Crippen LogP contribution is 2.28. The number of nitrogens with one attached hydrogen (secondary N) is 2. The van der Waals surface area contributed by atoms with Gasteiger partial charge in [-0.25, -0.2) is 0 Å². The molecule has 1 aromatic rings. The lowest BCUT2D eigenvalue weighted by Crippen LogP contribution is -2.50. The van der Waals surface area contributed by atoms with Crippen LogP contribution in [0.3, 0.4) is 0 Å². The van der Waals surface area contributed by atoms with Crippen molar-refractivity contribution in [2.75, 3.05) is 26.8 Å². The SMILES string of the molecule is COc1cc(C(=O)NC2CNCCC2C)ccc1OCC(C)C. The smallest absolute Gasteiger partial charge is 0.251 e. The molecule has 2 unspecified atom stereocenters. The number of rotatable bonds is 6. The van der Waals surface area contributed by atoms with Gasteiger partial charge in [0, 0.05) is 18.2 Å². The number of hydrogen-bond acceptors (Lipinski definition) is 4. The molecule has 5 nitrogen and oxygen atoms in total. The molecule has 0 aliphatic carbocycles. The van der Waals surface area contributed by atoms with E-state index in [1.807, 2.05) is 0 Å². The fraction of sp³-hybridized carbons (Fsp3) is 0.611. The summed E-state index contributed by atoms with van der Waals surface area (Å²) in [6.07, 6.45) is 1.08. The predicted molar refractivity (Wildman–Crippen MR) is 91.2 cm³/mol. The van der Waals surface area contributed by atoms with Gasteiger partial charge in [0.25, 0.3) is 5.91 Å². The van der Waals surface area contributed by atoms with Crippen LogP contribution in [0.2, 0.25) is 0 Å². The average molecular weight is 320 g/mol. The van der Waals surface area contributed by atoms with Crippen molar-refractivity contribution in [2.45, 2.75) is 33.2 Å². The van der Waals surface area contributed by atoms with E-state index in [4.69, 9.17) is 9.47 Å². The molecule has 2 N–H and O–H groups in total. The van der Waals surface area contributed by atoms with Gasteiger partial charge < -0.3 is 20.1 Å². The summed E-state index contributed by atoms with van der Waals surface area (Å²) in [5.74, 6) is 2.11. The third-order valence-electron chi connectivity index (χ3n) is 4.14. The maximum Gasteiger partial charge on any atom is 0.251 e. The molecule has 1 aliphatic rings. The number of ether oxygens (including phenoxy) is 2. The number of carbonyl (C=O) groups excluding carboxylic acids is 1. The minimum absolute atomic E-state index is 0.0701. The Morgan fingerprint density at radius 2 is 2.17 bits per heavy atom. The molecule has 1 saturated heterocycles. The fourth-order valence-corrected chi connectivity index (χ4v) is 2.62. The second-order valence-corrected chi connectivity index (χ2v) is 6.62. The molecule has 0 radical (unpaired) electrons. The van der Waals surface area contributed by atoms with E-state index in [0.717, 1.165) is 19.5 Å². The summed E-state index contributed by atoms with van der Waals surface area (Å²) in [5, 5.41) is 6.43. The molecule has 2 atom stereocenters. The van der Waals surface area contributed by atoms with Crippen molar-refractivity contribution in [1.29, 1.82) is 0 Å². The quantitative estimate of drug-likeness (QED) is 0.845. The Labute approximate surface area is 138 Å². The maximum absolute atomic E-state index is 12.5. The van der Waals surface area contributed by atoms with Gasteiger partial charge in [-0.2, -0.15) is 0 Å². The Balaban J connectivity index is 2.05. The van der Waals surface area contributed by atoms with Gasteiger partial charge in [0.05, 0.1) is 13.7 Å². The number of piperidine rings is 1. The van der Waals surface area contributed by atoms with E-state index >= 15 is 0 Å². The van der Waals surface area contributed by atoms with Gasteiger partial charge in [-0.15, -0.1) is 0 Å². The molecule has 5 heteroatoms. The van der Waals surface area contributed by atoms with Gasteiger partial charge in [-0.3, -0.25) is 4.79 Å². The normalized spacial score (nSPS) is 21.1. The van der Waals surface area contributed by atoms with Crippen LogP contribution in [-0.4, -0.2) is 38.8 Å². The van der Waals surface area contributed by atoms with Crippen LogP contribution in [0, 0.1) is 11.8 Å². The Morgan fingerprint density at radius 3 is 2.83 bits per heavy atom. The molecule has 0 saturated carbocycles. The summed E-state index contributed by atoms with van der Waals surface area (Å²) in [5.41, 5.74) is 0.594. The van der Waals surface area contributed by atoms with Crippen molar-refractivity contribution in [3.8, 4) is 11.5 Å². The van der Waals surface area contributed by atoms with E-state index in [-0.39, 0.29) is 11.9 Å². The number of methoxy groups -OCH3 is 1. The molecule has 1 aliphatic heterocycles. The van der Waals surface area contributed by atoms with E-state index in [9.17, 15) is 4.79 Å². The number of carbonyl (C=O) groups is 1. The summed E-state index contributed by atoms with van der Waals surface area (Å²) in [4.78, 5) is 12.5. The summed E-state index contributed by atoms with van der Waals surface area (Å²) >= 11 is 0. The first-order valence-corrected chi connectivity index (χ1v) is 8.33. The summed E-state index contributed by atoms with van der Waals surface area (Å²) in [6.45, 7) is 8.81. The first kappa shape index (κ1) is 17.6. The minimum atomic E-state index is -0.0701. The van der Waals surface area contributed by atoms with E-state index < -0.39 is 0 Å². The topological polar surface area (TPSA) is 59.6 Å². The largest absolute Gasteiger partial charge is 0.493 e. The molecule has 0 aromatic heterocycles. The standard InChI is InChI=1S/C18H28N2O3/c1-12(2)11-23-16-6-5-14(9-17(16)22-4)18(21)20-15-10-19-8-7-13(15)3/h5-6,9,12-13,15,19H,7-8,10-11H2,1-4H3,(H,20,21). The third kappa shape index (κ3) is 4.86. The molecule has 0 bridgehead atoms. The molecule has 23 heavy (non-hydrogen) atoms. The minimum Gasteiger partial charge on any atom is -0.493 e. The third-order valence-corrected chi connectivity index (χ3v) is 4.14. The summed E-state index contributed by atoms with van der Waals surface area (Å²) < 4.78 is 11.1. The lowest BCUT2D eigenvalue weighted by atomic mass is 9.94. The van der Waals surface area contributed by atoms with Crippen LogP contribution in [0.25, 0.3) is 0 Å². The van der Waals surface area contributed by atoms with E-state index in [2.05, 4.69) is 31.4 Å². The molecule has 128 valence electrons. The zero-order valence-electron chi connectivity index (χ0n) is 14.5. The number of benzene rings is 1. The van der Waals surface area contributed by atoms with Gasteiger partial charge >= 0.3 is 0 Å². The van der Waals surface area contributed by atoms with Crippen molar-refractivity contribution in [2.24, 2.45) is 11.8 Å². The number of hydrogen-bond donors (Lipinski definition) is 2. The fourth-order valence-electron chi connectivity index (χ4n) is 2.62. The first-order chi connectivity index (χ1) is 11.0. The zero-order valence-corrected chi connectivity index (χ0v) is 14.5. The molecule has 2 rings (SSSR count). The van der Waals surface area contributed by atoms with Crippen LogP contribution in [0.15, 0.2) is 18.2 Å². The van der Waals surface area contributed by atoms with Crippen molar-refractivity contribution >= 4 is 5.91 Å². The molecule has 0 spiro atoms. The van der Waals surface area contributed by atoms with Gasteiger partial charge in [0.15, 0.2) is 11.5 Å². The van der Waals surface area contributed by atoms with Crippen LogP contribution in [-0.2, 0) is 0 Å². The van der Waals surface area contributed by atoms with Crippen LogP contribution >= 0.6 is 0 Å². The van der Waals surface area contributed by atoms with Crippen LogP contribution < -0.4 is 20.1 Å². The van der Waals surface area contributed by atoms with E-state index in [1.165, 1.54) is 0 Å². The summed E-state index contributed by atoms with van der Waals surface area (Å²) in [7, 11) is 1.59. The first-order valence-electron chi connectivity index (χ1n) is 8.33. The molecular formula is C18H28N2O3. The zero-order chi connectivity index (χ0) is 16.8. The molecule has 1 heterocycles. The van der Waals surface area contributed by atoms with Gasteiger partial charge in [-0.1, -0.05) is 20.8 Å². The van der Waals surface area contributed by atoms with E-state index in [0.29, 0.717) is 35.5 Å². The van der Waals surface area contributed by atoms with E-state index in [1.54, 1.807) is 25.3 Å². The Hall–Kier alpha value is -1.75. The highest BCUT2D eigenvalue weighted by Gasteiger charge is 2.23. The van der Waals surface area contributed by atoms with Crippen molar-refractivity contribution < 1.29 is 14.3 Å². The Bertz CT molecular complexity index is 531. The average Bonchev–Trinajstić information content (AvgIpc) is 2.54. The maximum atomic E-state index is 12.5. The van der Waals surface area contributed by atoms with Crippen molar-refractivity contribution in [3.05, 3.63) is 23.8 Å². The van der Waals surface area contributed by atoms with Crippen molar-refractivity contribution in [3.63, 3.8) is 0 Å². The molecule has 1 aromatic carbocycles. The Morgan fingerprint density at radius 1 is 1.39 bits per heavy atom. The lowest BCUT2D eigenvalue weighted by molar-refractivity contribution is 0.0915. The van der Waals surface area contributed by atoms with Gasteiger partial charge in [-0.05, 0) is 43.0 Å².